The Morgan fingerprint density at radius 3 is 2.91 bits per heavy atom. The predicted octanol–water partition coefficient (Wildman–Crippen LogP) is 0.318. The van der Waals surface area contributed by atoms with Crippen molar-refractivity contribution >= 4 is 29.1 Å². The maximum Gasteiger partial charge on any atom is 0.326 e. The number of carboxylic acid groups (broad SMARTS) is 1. The van der Waals surface area contributed by atoms with Crippen LogP contribution in [-0.4, -0.2) is 55.1 Å². The summed E-state index contributed by atoms with van der Waals surface area (Å²) in [4.78, 5) is 29.2. The number of aliphatic carboxylic acids is 1. The van der Waals surface area contributed by atoms with Crippen molar-refractivity contribution < 1.29 is 14.7 Å². The molecule has 3 N–H and O–H groups in total. The van der Waals surface area contributed by atoms with Crippen molar-refractivity contribution in [2.24, 2.45) is 5.73 Å². The van der Waals surface area contributed by atoms with E-state index >= 15 is 0 Å². The van der Waals surface area contributed by atoms with Gasteiger partial charge < -0.3 is 15.7 Å². The molecular weight excluding hydrogens is 310 g/mol. The maximum atomic E-state index is 12.6. The standard InChI is InChI=1S/C13H14ClN5O3/c1-6-3-16-11-9(14)10(17-19(11)4-6)12(20)18-5-7(15)2-8(18)13(21)22/h3-4,7-8H,2,5,15H2,1H3,(H,21,22)/t7-,8-/m0/s1. The maximum absolute atomic E-state index is 12.6. The Balaban J connectivity index is 2.01. The third-order valence-electron chi connectivity index (χ3n) is 3.63. The molecule has 0 aromatic carbocycles. The van der Waals surface area contributed by atoms with Gasteiger partial charge in [-0.2, -0.15) is 5.10 Å². The third kappa shape index (κ3) is 2.30. The van der Waals surface area contributed by atoms with Crippen molar-refractivity contribution in [1.29, 1.82) is 0 Å². The zero-order valence-corrected chi connectivity index (χ0v) is 12.5. The van der Waals surface area contributed by atoms with Gasteiger partial charge in [-0.15, -0.1) is 0 Å². The average Bonchev–Trinajstić information content (AvgIpc) is 2.99. The van der Waals surface area contributed by atoms with Gasteiger partial charge in [0.1, 0.15) is 11.1 Å². The van der Waals surface area contributed by atoms with Crippen molar-refractivity contribution in [3.8, 4) is 0 Å². The molecule has 0 radical (unpaired) electrons. The lowest BCUT2D eigenvalue weighted by atomic mass is 10.2. The van der Waals surface area contributed by atoms with E-state index in [0.29, 0.717) is 5.65 Å². The first-order chi connectivity index (χ1) is 10.4. The molecule has 0 bridgehead atoms. The number of carboxylic acids is 1. The largest absolute Gasteiger partial charge is 0.480 e. The summed E-state index contributed by atoms with van der Waals surface area (Å²) >= 11 is 6.17. The van der Waals surface area contributed by atoms with E-state index in [4.69, 9.17) is 17.3 Å². The molecule has 0 saturated carbocycles. The van der Waals surface area contributed by atoms with Gasteiger partial charge in [-0.1, -0.05) is 11.6 Å². The van der Waals surface area contributed by atoms with Crippen molar-refractivity contribution in [3.63, 3.8) is 0 Å². The molecule has 2 aromatic heterocycles. The summed E-state index contributed by atoms with van der Waals surface area (Å²) in [5.74, 6) is -1.64. The highest BCUT2D eigenvalue weighted by Crippen LogP contribution is 2.25. The lowest BCUT2D eigenvalue weighted by molar-refractivity contribution is -0.141. The highest BCUT2D eigenvalue weighted by molar-refractivity contribution is 6.36. The van der Waals surface area contributed by atoms with Gasteiger partial charge in [-0.25, -0.2) is 14.3 Å². The molecular formula is C13H14ClN5O3. The fourth-order valence-corrected chi connectivity index (χ4v) is 2.85. The van der Waals surface area contributed by atoms with Crippen LogP contribution >= 0.6 is 11.6 Å². The number of aryl methyl sites for hydroxylation is 1. The summed E-state index contributed by atoms with van der Waals surface area (Å²) in [6.07, 6.45) is 3.52. The van der Waals surface area contributed by atoms with Gasteiger partial charge in [0.25, 0.3) is 5.91 Å². The first kappa shape index (κ1) is 14.7. The summed E-state index contributed by atoms with van der Waals surface area (Å²) in [6.45, 7) is 2.00. The van der Waals surface area contributed by atoms with Crippen molar-refractivity contribution in [1.82, 2.24) is 19.5 Å². The number of hydrogen-bond donors (Lipinski definition) is 2. The van der Waals surface area contributed by atoms with E-state index < -0.39 is 17.9 Å². The molecule has 1 aliphatic heterocycles. The fourth-order valence-electron chi connectivity index (χ4n) is 2.60. The van der Waals surface area contributed by atoms with Crippen LogP contribution in [0.3, 0.4) is 0 Å². The molecule has 0 aliphatic carbocycles. The van der Waals surface area contributed by atoms with Crippen LogP contribution in [0.25, 0.3) is 5.65 Å². The molecule has 9 heteroatoms. The number of amides is 1. The van der Waals surface area contributed by atoms with Crippen molar-refractivity contribution in [2.45, 2.75) is 25.4 Å². The summed E-state index contributed by atoms with van der Waals surface area (Å²) in [7, 11) is 0. The second-order valence-electron chi connectivity index (χ2n) is 5.37. The minimum absolute atomic E-state index is 0.0138. The molecule has 2 aromatic rings. The van der Waals surface area contributed by atoms with Crippen LogP contribution in [0.15, 0.2) is 12.4 Å². The predicted molar refractivity (Wildman–Crippen MR) is 77.8 cm³/mol. The molecule has 1 saturated heterocycles. The summed E-state index contributed by atoms with van der Waals surface area (Å²) < 4.78 is 1.41. The zero-order chi connectivity index (χ0) is 16.0. The van der Waals surface area contributed by atoms with E-state index in [1.807, 2.05) is 6.92 Å². The average molecular weight is 324 g/mol. The molecule has 1 fully saturated rings. The van der Waals surface area contributed by atoms with Crippen molar-refractivity contribution in [2.75, 3.05) is 6.54 Å². The zero-order valence-electron chi connectivity index (χ0n) is 11.7. The third-order valence-corrected chi connectivity index (χ3v) is 3.98. The highest BCUT2D eigenvalue weighted by atomic mass is 35.5. The lowest BCUT2D eigenvalue weighted by Gasteiger charge is -2.20. The number of carbonyl (C=O) groups excluding carboxylic acids is 1. The quantitative estimate of drug-likeness (QED) is 0.822. The Kier molecular flexibility index (Phi) is 3.50. The first-order valence-electron chi connectivity index (χ1n) is 6.68. The summed E-state index contributed by atoms with van der Waals surface area (Å²) in [5.41, 5.74) is 6.97. The molecule has 116 valence electrons. The van der Waals surface area contributed by atoms with Gasteiger partial charge >= 0.3 is 5.97 Å². The van der Waals surface area contributed by atoms with Gasteiger partial charge in [0.05, 0.1) is 0 Å². The van der Waals surface area contributed by atoms with Gasteiger partial charge in [0, 0.05) is 25.0 Å². The molecule has 0 spiro atoms. The van der Waals surface area contributed by atoms with Crippen LogP contribution < -0.4 is 5.73 Å². The minimum atomic E-state index is -1.09. The van der Waals surface area contributed by atoms with Crippen LogP contribution in [0.4, 0.5) is 0 Å². The lowest BCUT2D eigenvalue weighted by Crippen LogP contribution is -2.41. The number of rotatable bonds is 2. The van der Waals surface area contributed by atoms with E-state index in [1.165, 1.54) is 9.42 Å². The summed E-state index contributed by atoms with van der Waals surface area (Å²) in [5, 5.41) is 13.5. The van der Waals surface area contributed by atoms with Gasteiger partial charge in [0.2, 0.25) is 0 Å². The molecule has 3 heterocycles. The molecule has 0 unspecified atom stereocenters. The van der Waals surface area contributed by atoms with E-state index in [-0.39, 0.29) is 29.7 Å². The Morgan fingerprint density at radius 2 is 2.23 bits per heavy atom. The van der Waals surface area contributed by atoms with Gasteiger partial charge in [-0.05, 0) is 18.9 Å². The Morgan fingerprint density at radius 1 is 1.50 bits per heavy atom. The number of halogens is 1. The highest BCUT2D eigenvalue weighted by Gasteiger charge is 2.40. The number of carbonyl (C=O) groups is 2. The second-order valence-corrected chi connectivity index (χ2v) is 5.75. The normalized spacial score (nSPS) is 21.5. The van der Waals surface area contributed by atoms with Crippen LogP contribution in [-0.2, 0) is 4.79 Å². The molecule has 1 aliphatic rings. The van der Waals surface area contributed by atoms with E-state index in [1.54, 1.807) is 12.4 Å². The smallest absolute Gasteiger partial charge is 0.326 e. The monoisotopic (exact) mass is 323 g/mol. The molecule has 22 heavy (non-hydrogen) atoms. The SMILES string of the molecule is Cc1cnc2c(Cl)c(C(=O)N3C[C@@H](N)C[C@H]3C(=O)O)nn2c1. The minimum Gasteiger partial charge on any atom is -0.480 e. The Labute approximate surface area is 130 Å². The van der Waals surface area contributed by atoms with E-state index in [2.05, 4.69) is 10.1 Å². The Hall–Kier alpha value is -2.19. The van der Waals surface area contributed by atoms with Gasteiger partial charge in [-0.3, -0.25) is 4.79 Å². The molecule has 2 atom stereocenters. The van der Waals surface area contributed by atoms with E-state index in [0.717, 1.165) is 5.56 Å². The van der Waals surface area contributed by atoms with Crippen LogP contribution in [0.1, 0.15) is 22.5 Å². The first-order valence-corrected chi connectivity index (χ1v) is 7.06. The van der Waals surface area contributed by atoms with Crippen LogP contribution in [0.2, 0.25) is 5.02 Å². The van der Waals surface area contributed by atoms with E-state index in [9.17, 15) is 14.7 Å². The summed E-state index contributed by atoms with van der Waals surface area (Å²) in [6, 6.07) is -1.33. The Bertz CT molecular complexity index is 774. The molecule has 3 rings (SSSR count). The topological polar surface area (TPSA) is 114 Å². The van der Waals surface area contributed by atoms with Crippen LogP contribution in [0, 0.1) is 6.92 Å². The molecule has 8 nitrogen and oxygen atoms in total. The number of nitrogens with zero attached hydrogens (tertiary/aromatic N) is 4. The number of fused-ring (bicyclic) bond motifs is 1. The van der Waals surface area contributed by atoms with Gasteiger partial charge in [0.15, 0.2) is 11.3 Å². The fraction of sp³-hybridized carbons (Fsp3) is 0.385. The number of hydrogen-bond acceptors (Lipinski definition) is 5. The molecule has 1 amide bonds. The second kappa shape index (κ2) is 5.22. The number of likely N-dealkylation sites (tertiary alicyclic amines) is 1. The van der Waals surface area contributed by atoms with Crippen molar-refractivity contribution in [3.05, 3.63) is 28.7 Å². The number of nitrogens with two attached hydrogens (primary N) is 1. The number of aromatic nitrogens is 3. The van der Waals surface area contributed by atoms with Crippen LogP contribution in [0.5, 0.6) is 0 Å².